The first-order valence-electron chi connectivity index (χ1n) is 20.2. The summed E-state index contributed by atoms with van der Waals surface area (Å²) in [6.07, 6.45) is -1.43. The predicted octanol–water partition coefficient (Wildman–Crippen LogP) is 2.96. The fraction of sp³-hybridized carbons (Fsp3) is 0.927. The fourth-order valence-corrected chi connectivity index (χ4v) is 13.3. The lowest BCUT2D eigenvalue weighted by Crippen LogP contribution is -2.66. The average Bonchev–Trinajstić information content (AvgIpc) is 3.09. The third kappa shape index (κ3) is 5.94. The second kappa shape index (κ2) is 13.5. The topological polar surface area (TPSA) is 196 Å². The van der Waals surface area contributed by atoms with Crippen LogP contribution in [0.5, 0.6) is 0 Å². The molecule has 6 fully saturated rings. The van der Waals surface area contributed by atoms with Gasteiger partial charge in [-0.05, 0) is 109 Å². The Morgan fingerprint density at radius 1 is 0.792 bits per heavy atom. The van der Waals surface area contributed by atoms with Crippen molar-refractivity contribution in [3.8, 4) is 0 Å². The van der Waals surface area contributed by atoms with Crippen LogP contribution in [0, 0.1) is 50.2 Å². The molecule has 5 aliphatic carbocycles. The molecule has 0 aromatic rings. The monoisotopic (exact) mass is 750 g/mol. The van der Waals surface area contributed by atoms with Crippen molar-refractivity contribution in [2.45, 2.75) is 174 Å². The van der Waals surface area contributed by atoms with Gasteiger partial charge in [-0.3, -0.25) is 4.79 Å². The Hall–Kier alpha value is -1.19. The van der Waals surface area contributed by atoms with Crippen molar-refractivity contribution in [2.24, 2.45) is 50.2 Å². The lowest BCUT2D eigenvalue weighted by molar-refractivity contribution is -0.330. The molecule has 7 rings (SSSR count). The van der Waals surface area contributed by atoms with Gasteiger partial charge in [0.25, 0.3) is 0 Å². The van der Waals surface area contributed by atoms with Crippen LogP contribution in [0.4, 0.5) is 0 Å². The maximum atomic E-state index is 14.4. The van der Waals surface area contributed by atoms with E-state index in [-0.39, 0.29) is 51.7 Å². The summed E-state index contributed by atoms with van der Waals surface area (Å²) in [5.41, 5.74) is 0.123. The molecular formula is C41H66O12. The van der Waals surface area contributed by atoms with Gasteiger partial charge < -0.3 is 54.7 Å². The highest BCUT2D eigenvalue weighted by molar-refractivity contribution is 5.79. The van der Waals surface area contributed by atoms with Gasteiger partial charge in [-0.1, -0.05) is 60.1 Å². The number of fused-ring (bicyclic) bond motifs is 7. The lowest BCUT2D eigenvalue weighted by atomic mass is 9.33. The van der Waals surface area contributed by atoms with Crippen LogP contribution < -0.4 is 0 Å². The quantitative estimate of drug-likeness (QED) is 0.124. The summed E-state index contributed by atoms with van der Waals surface area (Å²) in [5, 5.41) is 72.3. The summed E-state index contributed by atoms with van der Waals surface area (Å²) >= 11 is 0. The minimum atomic E-state index is -1.53. The molecule has 2 aliphatic heterocycles. The van der Waals surface area contributed by atoms with Crippen molar-refractivity contribution in [2.75, 3.05) is 13.2 Å². The van der Waals surface area contributed by atoms with Crippen LogP contribution >= 0.6 is 0 Å². The van der Waals surface area contributed by atoms with Crippen molar-refractivity contribution in [1.82, 2.24) is 0 Å². The van der Waals surface area contributed by atoms with E-state index >= 15 is 0 Å². The summed E-state index contributed by atoms with van der Waals surface area (Å²) in [5.74, 6) is 0.272. The SMILES string of the molecule is CC1(C)CCC2(C(=O)OC3OCC(O)C(O)C3O)CCC3(C)C(=CCC4C5(C)CCC(OC6OC(CO)C(O)C(O)C6O)C(C)(C)C5CCC43C)C2C1. The molecule has 2 heterocycles. The van der Waals surface area contributed by atoms with E-state index in [4.69, 9.17) is 18.9 Å². The lowest BCUT2D eigenvalue weighted by Gasteiger charge is -2.71. The first-order chi connectivity index (χ1) is 24.7. The number of carbonyl (C=O) groups is 1. The Labute approximate surface area is 314 Å². The molecule has 0 aromatic heterocycles. The molecule has 0 aromatic carbocycles. The molecule has 12 nitrogen and oxygen atoms in total. The van der Waals surface area contributed by atoms with Gasteiger partial charge in [-0.25, -0.2) is 0 Å². The Morgan fingerprint density at radius 2 is 1.47 bits per heavy atom. The highest BCUT2D eigenvalue weighted by Gasteiger charge is 2.70. The minimum absolute atomic E-state index is 0.0179. The van der Waals surface area contributed by atoms with E-state index in [1.807, 2.05) is 0 Å². The molecule has 7 N–H and O–H groups in total. The maximum absolute atomic E-state index is 14.4. The van der Waals surface area contributed by atoms with E-state index in [1.54, 1.807) is 0 Å². The van der Waals surface area contributed by atoms with Crippen molar-refractivity contribution in [3.63, 3.8) is 0 Å². The van der Waals surface area contributed by atoms with E-state index in [0.717, 1.165) is 51.4 Å². The predicted molar refractivity (Wildman–Crippen MR) is 192 cm³/mol. The van der Waals surface area contributed by atoms with Gasteiger partial charge in [-0.2, -0.15) is 0 Å². The van der Waals surface area contributed by atoms with Crippen LogP contribution in [0.2, 0.25) is 0 Å². The van der Waals surface area contributed by atoms with Crippen molar-refractivity contribution < 1.29 is 59.5 Å². The number of carbonyl (C=O) groups excluding carboxylic acids is 1. The van der Waals surface area contributed by atoms with E-state index in [0.29, 0.717) is 24.7 Å². The first-order valence-corrected chi connectivity index (χ1v) is 20.2. The number of allylic oxidation sites excluding steroid dienone is 2. The van der Waals surface area contributed by atoms with Crippen LogP contribution in [0.25, 0.3) is 0 Å². The molecule has 4 saturated carbocycles. The van der Waals surface area contributed by atoms with Gasteiger partial charge in [-0.15, -0.1) is 0 Å². The number of aliphatic hydroxyl groups excluding tert-OH is 7. The van der Waals surface area contributed by atoms with Gasteiger partial charge in [0, 0.05) is 0 Å². The van der Waals surface area contributed by atoms with Crippen molar-refractivity contribution >= 4 is 5.97 Å². The molecule has 17 unspecified atom stereocenters. The van der Waals surface area contributed by atoms with Gasteiger partial charge in [0.2, 0.25) is 6.29 Å². The molecule has 7 aliphatic rings. The number of hydrogen-bond acceptors (Lipinski definition) is 12. The molecule has 302 valence electrons. The fourth-order valence-electron chi connectivity index (χ4n) is 13.3. The molecule has 0 bridgehead atoms. The second-order valence-electron chi connectivity index (χ2n) is 20.2. The van der Waals surface area contributed by atoms with Gasteiger partial charge in [0.15, 0.2) is 6.29 Å². The first kappa shape index (κ1) is 40.0. The maximum Gasteiger partial charge on any atom is 0.315 e. The molecule has 0 spiro atoms. The molecule has 53 heavy (non-hydrogen) atoms. The largest absolute Gasteiger partial charge is 0.432 e. The average molecular weight is 751 g/mol. The molecule has 2 saturated heterocycles. The molecular weight excluding hydrogens is 684 g/mol. The van der Waals surface area contributed by atoms with Crippen LogP contribution in [-0.2, 0) is 23.7 Å². The smallest absolute Gasteiger partial charge is 0.315 e. The minimum Gasteiger partial charge on any atom is -0.432 e. The van der Waals surface area contributed by atoms with E-state index < -0.39 is 67.3 Å². The van der Waals surface area contributed by atoms with E-state index in [2.05, 4.69) is 54.5 Å². The van der Waals surface area contributed by atoms with E-state index in [9.17, 15) is 40.5 Å². The highest BCUT2D eigenvalue weighted by Crippen LogP contribution is 2.76. The van der Waals surface area contributed by atoms with Gasteiger partial charge in [0.1, 0.15) is 42.7 Å². The summed E-state index contributed by atoms with van der Waals surface area (Å²) in [4.78, 5) is 14.4. The van der Waals surface area contributed by atoms with Crippen molar-refractivity contribution in [3.05, 3.63) is 11.6 Å². The third-order valence-electron chi connectivity index (χ3n) is 16.8. The Bertz CT molecular complexity index is 1430. The zero-order chi connectivity index (χ0) is 38.7. The standard InChI is InChI=1S/C41H66O12/c1-36(2)14-16-41(35(49)53-33-31(47)28(44)23(43)20-50-33)17-15-39(6)21(22(41)18-36)8-9-26-38(5)12-11-27(37(3,4)25(38)10-13-40(26,39)7)52-34-32(48)30(46)29(45)24(19-42)51-34/h8,22-34,42-48H,9-20H2,1-7H3. The molecule has 17 atom stereocenters. The summed E-state index contributed by atoms with van der Waals surface area (Å²) in [6.45, 7) is 15.7. The summed E-state index contributed by atoms with van der Waals surface area (Å²) in [7, 11) is 0. The Morgan fingerprint density at radius 3 is 2.17 bits per heavy atom. The Kier molecular flexibility index (Phi) is 10.2. The zero-order valence-corrected chi connectivity index (χ0v) is 32.7. The van der Waals surface area contributed by atoms with Gasteiger partial charge in [0.05, 0.1) is 24.7 Å². The second-order valence-corrected chi connectivity index (χ2v) is 20.2. The summed E-state index contributed by atoms with van der Waals surface area (Å²) in [6, 6.07) is 0. The zero-order valence-electron chi connectivity index (χ0n) is 32.7. The summed E-state index contributed by atoms with van der Waals surface area (Å²) < 4.78 is 23.8. The molecule has 0 amide bonds. The number of hydrogen-bond donors (Lipinski definition) is 7. The molecule has 0 radical (unpaired) electrons. The third-order valence-corrected chi connectivity index (χ3v) is 16.8. The molecule has 12 heteroatoms. The van der Waals surface area contributed by atoms with Gasteiger partial charge >= 0.3 is 5.97 Å². The normalized spacial score (nSPS) is 53.2. The Balaban J connectivity index is 1.16. The number of aliphatic hydroxyl groups is 7. The number of rotatable bonds is 5. The van der Waals surface area contributed by atoms with Crippen LogP contribution in [-0.4, -0.2) is 116 Å². The van der Waals surface area contributed by atoms with Crippen LogP contribution in [0.1, 0.15) is 113 Å². The number of esters is 1. The number of ether oxygens (including phenoxy) is 4. The highest BCUT2D eigenvalue weighted by atomic mass is 16.7. The van der Waals surface area contributed by atoms with Crippen LogP contribution in [0.15, 0.2) is 11.6 Å². The van der Waals surface area contributed by atoms with E-state index in [1.165, 1.54) is 5.57 Å². The van der Waals surface area contributed by atoms with Crippen LogP contribution in [0.3, 0.4) is 0 Å². The van der Waals surface area contributed by atoms with Crippen molar-refractivity contribution in [1.29, 1.82) is 0 Å².